The molecular formula is C14H23N3. The van der Waals surface area contributed by atoms with Crippen LogP contribution in [0.4, 0.5) is 0 Å². The summed E-state index contributed by atoms with van der Waals surface area (Å²) in [7, 11) is 2.05. The molecule has 3 heteroatoms. The van der Waals surface area contributed by atoms with Gasteiger partial charge < -0.3 is 10.2 Å². The van der Waals surface area contributed by atoms with E-state index in [2.05, 4.69) is 34.3 Å². The van der Waals surface area contributed by atoms with Crippen LogP contribution in [0.1, 0.15) is 25.3 Å². The largest absolute Gasteiger partial charge is 0.319 e. The zero-order valence-electron chi connectivity index (χ0n) is 10.9. The van der Waals surface area contributed by atoms with Gasteiger partial charge in [-0.3, -0.25) is 4.98 Å². The maximum Gasteiger partial charge on any atom is 0.0306 e. The lowest BCUT2D eigenvalue weighted by Crippen LogP contribution is -2.47. The number of nitrogens with one attached hydrogen (secondary N) is 1. The van der Waals surface area contributed by atoms with E-state index < -0.39 is 0 Å². The van der Waals surface area contributed by atoms with Gasteiger partial charge in [-0.1, -0.05) is 13.0 Å². The third kappa shape index (κ3) is 2.67. The Morgan fingerprint density at radius 1 is 1.41 bits per heavy atom. The maximum atomic E-state index is 4.28. The Bertz CT molecular complexity index is 329. The normalized spacial score (nSPS) is 20.4. The molecule has 2 rings (SSSR count). The van der Waals surface area contributed by atoms with Crippen LogP contribution in [0, 0.1) is 0 Å². The van der Waals surface area contributed by atoms with Crippen molar-refractivity contribution in [1.29, 1.82) is 0 Å². The molecule has 2 heterocycles. The summed E-state index contributed by atoms with van der Waals surface area (Å²) in [5, 5.41) is 3.36. The third-order valence-corrected chi connectivity index (χ3v) is 4.05. The Kier molecular flexibility index (Phi) is 4.13. The van der Waals surface area contributed by atoms with Crippen LogP contribution in [0.25, 0.3) is 0 Å². The summed E-state index contributed by atoms with van der Waals surface area (Å²) in [6.07, 6.45) is 6.36. The summed E-state index contributed by atoms with van der Waals surface area (Å²) in [5.74, 6) is 0. The zero-order valence-corrected chi connectivity index (χ0v) is 10.9. The van der Waals surface area contributed by atoms with Crippen molar-refractivity contribution in [1.82, 2.24) is 15.2 Å². The van der Waals surface area contributed by atoms with Crippen molar-refractivity contribution in [3.8, 4) is 0 Å². The Hall–Kier alpha value is -0.930. The summed E-state index contributed by atoms with van der Waals surface area (Å²) in [4.78, 5) is 6.82. The van der Waals surface area contributed by atoms with Crippen LogP contribution in [-0.4, -0.2) is 43.1 Å². The Morgan fingerprint density at radius 3 is 2.71 bits per heavy atom. The highest BCUT2D eigenvalue weighted by Gasteiger charge is 2.35. The first kappa shape index (κ1) is 12.5. The molecule has 0 radical (unpaired) electrons. The quantitative estimate of drug-likeness (QED) is 0.857. The van der Waals surface area contributed by atoms with Gasteiger partial charge >= 0.3 is 0 Å². The topological polar surface area (TPSA) is 28.2 Å². The molecule has 94 valence electrons. The molecule has 0 atom stereocenters. The molecule has 1 aromatic rings. The van der Waals surface area contributed by atoms with Crippen molar-refractivity contribution in [3.63, 3.8) is 0 Å². The first-order valence-corrected chi connectivity index (χ1v) is 6.58. The number of pyridine rings is 1. The minimum Gasteiger partial charge on any atom is -0.319 e. The summed E-state index contributed by atoms with van der Waals surface area (Å²) in [6.45, 7) is 6.87. The number of aromatic nitrogens is 1. The Morgan fingerprint density at radius 2 is 2.18 bits per heavy atom. The van der Waals surface area contributed by atoms with E-state index in [9.17, 15) is 0 Å². The second-order valence-electron chi connectivity index (χ2n) is 4.99. The van der Waals surface area contributed by atoms with E-state index in [1.807, 2.05) is 19.4 Å². The maximum absolute atomic E-state index is 4.28. The van der Waals surface area contributed by atoms with Crippen molar-refractivity contribution in [2.45, 2.75) is 25.2 Å². The average Bonchev–Trinajstić information content (AvgIpc) is 2.41. The summed E-state index contributed by atoms with van der Waals surface area (Å²) < 4.78 is 0. The lowest BCUT2D eigenvalue weighted by molar-refractivity contribution is 0.163. The van der Waals surface area contributed by atoms with E-state index in [1.165, 1.54) is 38.0 Å². The van der Waals surface area contributed by atoms with Crippen molar-refractivity contribution in [3.05, 3.63) is 30.1 Å². The van der Waals surface area contributed by atoms with Crippen molar-refractivity contribution in [2.24, 2.45) is 0 Å². The summed E-state index contributed by atoms with van der Waals surface area (Å²) in [6, 6.07) is 4.28. The summed E-state index contributed by atoms with van der Waals surface area (Å²) in [5.41, 5.74) is 1.68. The molecule has 1 saturated heterocycles. The van der Waals surface area contributed by atoms with Crippen LogP contribution in [0.2, 0.25) is 0 Å². The van der Waals surface area contributed by atoms with Gasteiger partial charge in [0.25, 0.3) is 0 Å². The molecule has 0 aromatic carbocycles. The van der Waals surface area contributed by atoms with Gasteiger partial charge in [0, 0.05) is 24.4 Å². The number of piperidine rings is 1. The lowest BCUT2D eigenvalue weighted by atomic mass is 9.73. The second kappa shape index (κ2) is 5.61. The van der Waals surface area contributed by atoms with E-state index in [0.29, 0.717) is 0 Å². The van der Waals surface area contributed by atoms with E-state index in [0.717, 1.165) is 6.54 Å². The van der Waals surface area contributed by atoms with Gasteiger partial charge in [0.15, 0.2) is 0 Å². The smallest absolute Gasteiger partial charge is 0.0306 e. The zero-order chi connectivity index (χ0) is 12.1. The lowest BCUT2D eigenvalue weighted by Gasteiger charge is -2.41. The standard InChI is InChI=1S/C14H23N3/c1-3-17-9-6-14(7-10-17,12-15-2)13-5-4-8-16-11-13/h4-5,8,11,15H,3,6-7,9-10,12H2,1-2H3. The molecule has 17 heavy (non-hydrogen) atoms. The van der Waals surface area contributed by atoms with E-state index in [4.69, 9.17) is 0 Å². The molecule has 1 aliphatic rings. The molecule has 1 aromatic heterocycles. The number of rotatable bonds is 4. The minimum absolute atomic E-state index is 0.286. The van der Waals surface area contributed by atoms with Crippen molar-refractivity contribution in [2.75, 3.05) is 33.2 Å². The highest BCUT2D eigenvalue weighted by molar-refractivity contribution is 5.23. The molecule has 0 unspecified atom stereocenters. The molecular weight excluding hydrogens is 210 g/mol. The highest BCUT2D eigenvalue weighted by Crippen LogP contribution is 2.34. The molecule has 0 saturated carbocycles. The minimum atomic E-state index is 0.286. The van der Waals surface area contributed by atoms with Gasteiger partial charge in [-0.05, 0) is 51.2 Å². The van der Waals surface area contributed by atoms with Gasteiger partial charge in [-0.2, -0.15) is 0 Å². The predicted molar refractivity (Wildman–Crippen MR) is 71.2 cm³/mol. The molecule has 0 amide bonds. The predicted octanol–water partition coefficient (Wildman–Crippen LogP) is 1.65. The molecule has 1 fully saturated rings. The number of nitrogens with zero attached hydrogens (tertiary/aromatic N) is 2. The van der Waals surface area contributed by atoms with Crippen molar-refractivity contribution < 1.29 is 0 Å². The third-order valence-electron chi connectivity index (χ3n) is 4.05. The number of likely N-dealkylation sites (tertiary alicyclic amines) is 1. The number of likely N-dealkylation sites (N-methyl/N-ethyl adjacent to an activating group) is 1. The molecule has 0 spiro atoms. The van der Waals surface area contributed by atoms with Gasteiger partial charge in [-0.15, -0.1) is 0 Å². The first-order valence-electron chi connectivity index (χ1n) is 6.58. The monoisotopic (exact) mass is 233 g/mol. The first-order chi connectivity index (χ1) is 8.30. The highest BCUT2D eigenvalue weighted by atomic mass is 15.1. The Labute approximate surface area is 104 Å². The van der Waals surface area contributed by atoms with Gasteiger partial charge in [-0.25, -0.2) is 0 Å². The van der Waals surface area contributed by atoms with Gasteiger partial charge in [0.1, 0.15) is 0 Å². The van der Waals surface area contributed by atoms with E-state index >= 15 is 0 Å². The van der Waals surface area contributed by atoms with E-state index in [-0.39, 0.29) is 5.41 Å². The number of hydrogen-bond donors (Lipinski definition) is 1. The van der Waals surface area contributed by atoms with Crippen LogP contribution in [0.15, 0.2) is 24.5 Å². The fourth-order valence-corrected chi connectivity index (χ4v) is 2.88. The molecule has 3 nitrogen and oxygen atoms in total. The Balaban J connectivity index is 2.17. The summed E-state index contributed by atoms with van der Waals surface area (Å²) >= 11 is 0. The number of hydrogen-bond acceptors (Lipinski definition) is 3. The second-order valence-corrected chi connectivity index (χ2v) is 4.99. The van der Waals surface area contributed by atoms with Gasteiger partial charge in [0.2, 0.25) is 0 Å². The molecule has 0 aliphatic carbocycles. The average molecular weight is 233 g/mol. The van der Waals surface area contributed by atoms with E-state index in [1.54, 1.807) is 0 Å². The SMILES string of the molecule is CCN1CCC(CNC)(c2cccnc2)CC1. The van der Waals surface area contributed by atoms with Crippen LogP contribution in [0.5, 0.6) is 0 Å². The van der Waals surface area contributed by atoms with Crippen LogP contribution in [-0.2, 0) is 5.41 Å². The molecule has 0 bridgehead atoms. The van der Waals surface area contributed by atoms with Crippen molar-refractivity contribution >= 4 is 0 Å². The fraction of sp³-hybridized carbons (Fsp3) is 0.643. The van der Waals surface area contributed by atoms with Gasteiger partial charge in [0.05, 0.1) is 0 Å². The van der Waals surface area contributed by atoms with Crippen LogP contribution >= 0.6 is 0 Å². The molecule has 1 N–H and O–H groups in total. The fourth-order valence-electron chi connectivity index (χ4n) is 2.88. The van der Waals surface area contributed by atoms with Crippen LogP contribution in [0.3, 0.4) is 0 Å². The van der Waals surface area contributed by atoms with Crippen LogP contribution < -0.4 is 5.32 Å². The molecule has 1 aliphatic heterocycles.